The average Bonchev–Trinajstić information content (AvgIpc) is 2.66. The fourth-order valence-electron chi connectivity index (χ4n) is 1.76. The molecule has 11 heteroatoms. The molecule has 0 atom stereocenters. The van der Waals surface area contributed by atoms with E-state index >= 15 is 0 Å². The second kappa shape index (κ2) is 11.9. The third-order valence-electron chi connectivity index (χ3n) is 2.90. The molecule has 0 unspecified atom stereocenters. The van der Waals surface area contributed by atoms with Gasteiger partial charge in [-0.1, -0.05) is 53.7 Å². The van der Waals surface area contributed by atoms with E-state index in [9.17, 15) is 26.9 Å². The molecule has 0 fully saturated rings. The van der Waals surface area contributed by atoms with Gasteiger partial charge in [-0.25, -0.2) is 9.59 Å². The molecule has 0 aliphatic carbocycles. The van der Waals surface area contributed by atoms with E-state index in [1.54, 1.807) is 54.6 Å². The second-order valence-electron chi connectivity index (χ2n) is 5.58. The maximum atomic E-state index is 12.3. The first kappa shape index (κ1) is 24.2. The maximum absolute atomic E-state index is 12.3. The van der Waals surface area contributed by atoms with E-state index in [0.717, 1.165) is 0 Å². The Morgan fingerprint density at radius 3 is 1.79 bits per heavy atom. The van der Waals surface area contributed by atoms with Crippen LogP contribution >= 0.6 is 0 Å². The number of hydrogen-bond acceptors (Lipinski definition) is 5. The topological polar surface area (TPSA) is 65.0 Å². The van der Waals surface area contributed by atoms with Gasteiger partial charge in [-0.2, -0.15) is 0 Å². The van der Waals surface area contributed by atoms with Crippen LogP contribution in [0.2, 0.25) is 0 Å². The molecule has 5 nitrogen and oxygen atoms in total. The van der Waals surface area contributed by atoms with Crippen molar-refractivity contribution in [3.05, 3.63) is 71.8 Å². The highest BCUT2D eigenvalue weighted by molar-refractivity contribution is 7.95. The molecule has 0 saturated carbocycles. The van der Waals surface area contributed by atoms with E-state index in [1.165, 1.54) is 0 Å². The number of hydrogen-bond donors (Lipinski definition) is 0. The van der Waals surface area contributed by atoms with Crippen LogP contribution in [0.1, 0.15) is 15.9 Å². The average molecular weight is 431 g/mol. The highest BCUT2D eigenvalue weighted by Gasteiger charge is 2.21. The van der Waals surface area contributed by atoms with Gasteiger partial charge in [0.25, 0.3) is 0 Å². The van der Waals surface area contributed by atoms with E-state index in [0.29, 0.717) is 11.1 Å². The minimum atomic E-state index is -6.00. The number of carbonyl (C=O) groups is 2. The van der Waals surface area contributed by atoms with Crippen molar-refractivity contribution in [2.45, 2.75) is 0 Å². The van der Waals surface area contributed by atoms with Crippen LogP contribution in [0.25, 0.3) is 0 Å². The first-order chi connectivity index (χ1) is 13.6. The zero-order valence-corrected chi connectivity index (χ0v) is 16.4. The molecular formula is C18H18BF4NO4S. The van der Waals surface area contributed by atoms with Crippen LogP contribution in [0, 0.1) is 0 Å². The molecule has 0 N–H and O–H groups in total. The number of carbonyl (C=O) groups excluding carboxylic acids is 2. The van der Waals surface area contributed by atoms with Gasteiger partial charge >= 0.3 is 19.2 Å². The molecule has 29 heavy (non-hydrogen) atoms. The van der Waals surface area contributed by atoms with E-state index in [1.807, 2.05) is 18.6 Å². The molecule has 0 aliphatic heterocycles. The lowest BCUT2D eigenvalue weighted by molar-refractivity contribution is -0.133. The van der Waals surface area contributed by atoms with Gasteiger partial charge in [-0.05, 0) is 12.1 Å². The van der Waals surface area contributed by atoms with Crippen molar-refractivity contribution in [2.75, 3.05) is 18.5 Å². The van der Waals surface area contributed by atoms with Crippen LogP contribution in [-0.2, 0) is 25.3 Å². The van der Waals surface area contributed by atoms with Gasteiger partial charge in [0.05, 0.1) is 5.56 Å². The van der Waals surface area contributed by atoms with Gasteiger partial charge < -0.3 is 26.8 Å². The van der Waals surface area contributed by atoms with E-state index in [-0.39, 0.29) is 22.5 Å². The molecule has 0 heterocycles. The Morgan fingerprint density at radius 2 is 1.34 bits per heavy atom. The second-order valence-corrected chi connectivity index (χ2v) is 7.79. The van der Waals surface area contributed by atoms with Crippen LogP contribution in [0.3, 0.4) is 0 Å². The van der Waals surface area contributed by atoms with Crippen molar-refractivity contribution in [1.82, 2.24) is 0 Å². The molecule has 0 spiro atoms. The molecule has 0 aromatic heterocycles. The predicted octanol–water partition coefficient (Wildman–Crippen LogP) is 3.93. The Labute approximate surface area is 168 Å². The molecule has 156 valence electrons. The van der Waals surface area contributed by atoms with Crippen molar-refractivity contribution in [3.63, 3.8) is 0 Å². The summed E-state index contributed by atoms with van der Waals surface area (Å²) in [5.74, 6) is -0.969. The fraction of sp³-hybridized carbons (Fsp3) is 0.167. The lowest BCUT2D eigenvalue weighted by Crippen LogP contribution is -2.22. The van der Waals surface area contributed by atoms with E-state index in [4.69, 9.17) is 9.57 Å². The summed E-state index contributed by atoms with van der Waals surface area (Å²) in [5, 5.41) is 3.74. The van der Waals surface area contributed by atoms with Gasteiger partial charge in [-0.3, -0.25) is 0 Å². The maximum Gasteiger partial charge on any atom is 0.673 e. The Kier molecular flexibility index (Phi) is 9.94. The lowest BCUT2D eigenvalue weighted by Gasteiger charge is -2.06. The van der Waals surface area contributed by atoms with Crippen molar-refractivity contribution in [2.24, 2.45) is 5.16 Å². The summed E-state index contributed by atoms with van der Waals surface area (Å²) in [7, 11) is -6.06. The summed E-state index contributed by atoms with van der Waals surface area (Å²) in [6, 6.07) is 17.2. The van der Waals surface area contributed by atoms with Gasteiger partial charge in [0.1, 0.15) is 12.5 Å². The quantitative estimate of drug-likeness (QED) is 0.132. The van der Waals surface area contributed by atoms with Crippen LogP contribution in [-0.4, -0.2) is 43.4 Å². The number of oxime groups is 1. The number of halogens is 4. The first-order valence-corrected chi connectivity index (χ1v) is 10.3. The number of nitrogens with zero attached hydrogens (tertiary/aromatic N) is 1. The molecule has 2 rings (SSSR count). The van der Waals surface area contributed by atoms with E-state index in [2.05, 4.69) is 5.16 Å². The van der Waals surface area contributed by atoms with Gasteiger partial charge in [0, 0.05) is 16.5 Å². The standard InChI is InChI=1S/C18H18NO4S.BF4/c1-24(2)13-22-18(21)16(14-9-5-3-6-10-14)19-23-17(20)15-11-7-4-8-12-15;2-1(3,4)5/h3-12H,13H2,1-2H3;/q+1;-1. The van der Waals surface area contributed by atoms with Gasteiger partial charge in [-0.15, -0.1) is 0 Å². The summed E-state index contributed by atoms with van der Waals surface area (Å²) in [5.41, 5.74) is 0.839. The van der Waals surface area contributed by atoms with Crippen molar-refractivity contribution in [3.8, 4) is 0 Å². The number of rotatable bonds is 6. The molecule has 0 bridgehead atoms. The zero-order chi connectivity index (χ0) is 21.9. The fourth-order valence-corrected chi connectivity index (χ4v) is 2.10. The summed E-state index contributed by atoms with van der Waals surface area (Å²) in [6.07, 6.45) is 3.92. The first-order valence-electron chi connectivity index (χ1n) is 8.06. The third kappa shape index (κ3) is 10.9. The molecule has 0 radical (unpaired) electrons. The Bertz CT molecular complexity index is 812. The van der Waals surface area contributed by atoms with Gasteiger partial charge in [0.2, 0.25) is 5.94 Å². The SMILES string of the molecule is C[S+](C)COC(=O)C(=NOC(=O)c1ccccc1)c1ccccc1.F[B-](F)(F)F. The van der Waals surface area contributed by atoms with Crippen molar-refractivity contribution < 1.29 is 36.4 Å². The number of esters is 1. The number of benzene rings is 2. The Hall–Kier alpha value is -2.82. The van der Waals surface area contributed by atoms with Crippen LogP contribution < -0.4 is 0 Å². The summed E-state index contributed by atoms with van der Waals surface area (Å²) in [6.45, 7) is 0. The molecule has 2 aromatic carbocycles. The van der Waals surface area contributed by atoms with Crippen molar-refractivity contribution in [1.29, 1.82) is 0 Å². The highest BCUT2D eigenvalue weighted by Crippen LogP contribution is 2.08. The summed E-state index contributed by atoms with van der Waals surface area (Å²) < 4.78 is 44.2. The van der Waals surface area contributed by atoms with Crippen LogP contribution in [0.15, 0.2) is 65.8 Å². The molecule has 0 aliphatic rings. The summed E-state index contributed by atoms with van der Waals surface area (Å²) in [4.78, 5) is 29.2. The largest absolute Gasteiger partial charge is 0.673 e. The molecule has 0 saturated heterocycles. The molecule has 0 amide bonds. The predicted molar refractivity (Wildman–Crippen MR) is 105 cm³/mol. The minimum Gasteiger partial charge on any atom is -0.418 e. The molecular weight excluding hydrogens is 413 g/mol. The molecule has 2 aromatic rings. The Morgan fingerprint density at radius 1 is 0.897 bits per heavy atom. The normalized spacial score (nSPS) is 11.3. The van der Waals surface area contributed by atoms with E-state index < -0.39 is 19.2 Å². The zero-order valence-electron chi connectivity index (χ0n) is 15.6. The van der Waals surface area contributed by atoms with Crippen molar-refractivity contribution >= 4 is 35.8 Å². The van der Waals surface area contributed by atoms with Crippen LogP contribution in [0.5, 0.6) is 0 Å². The monoisotopic (exact) mass is 431 g/mol. The highest BCUT2D eigenvalue weighted by atomic mass is 32.2. The Balaban J connectivity index is 0.000000749. The smallest absolute Gasteiger partial charge is 0.418 e. The minimum absolute atomic E-state index is 0.0367. The summed E-state index contributed by atoms with van der Waals surface area (Å²) >= 11 is 0. The lowest BCUT2D eigenvalue weighted by atomic mass is 10.1. The third-order valence-corrected chi connectivity index (χ3v) is 3.48. The van der Waals surface area contributed by atoms with Crippen LogP contribution in [0.4, 0.5) is 17.3 Å². The van der Waals surface area contributed by atoms with Gasteiger partial charge in [0.15, 0.2) is 5.71 Å². The number of ether oxygens (including phenoxy) is 1.